The Bertz CT molecular complexity index is 435. The average Bonchev–Trinajstić information content (AvgIpc) is 3.02. The minimum atomic E-state index is 0.646. The highest BCUT2D eigenvalue weighted by Gasteiger charge is 2.18. The lowest BCUT2D eigenvalue weighted by Crippen LogP contribution is -2.27. The van der Waals surface area contributed by atoms with Gasteiger partial charge in [-0.25, -0.2) is 0 Å². The van der Waals surface area contributed by atoms with Crippen molar-refractivity contribution in [1.82, 2.24) is 15.0 Å². The predicted molar refractivity (Wildman–Crippen MR) is 85.2 cm³/mol. The molecule has 21 heavy (non-hydrogen) atoms. The van der Waals surface area contributed by atoms with Crippen molar-refractivity contribution >= 4 is 17.8 Å². The van der Waals surface area contributed by atoms with Gasteiger partial charge in [-0.15, -0.1) is 0 Å². The molecule has 0 bridgehead atoms. The molecule has 0 radical (unpaired) electrons. The summed E-state index contributed by atoms with van der Waals surface area (Å²) in [7, 11) is 1.98. The Morgan fingerprint density at radius 1 is 1.19 bits per heavy atom. The number of anilines is 3. The van der Waals surface area contributed by atoms with Gasteiger partial charge in [0.1, 0.15) is 0 Å². The number of nitrogens with one attached hydrogen (secondary N) is 1. The quantitative estimate of drug-likeness (QED) is 0.726. The van der Waals surface area contributed by atoms with E-state index in [1.807, 2.05) is 25.8 Å². The molecule has 1 saturated heterocycles. The number of nitrogens with zero attached hydrogens (tertiary/aromatic N) is 5. The molecular weight excluding hydrogens is 268 g/mol. The van der Waals surface area contributed by atoms with Crippen LogP contribution in [0, 0.1) is 0 Å². The van der Waals surface area contributed by atoms with Gasteiger partial charge in [0.15, 0.2) is 0 Å². The fraction of sp³-hybridized carbons (Fsp3) is 0.786. The van der Waals surface area contributed by atoms with Gasteiger partial charge in [-0.05, 0) is 26.7 Å². The molecule has 0 atom stereocenters. The molecule has 0 aliphatic carbocycles. The van der Waals surface area contributed by atoms with Crippen LogP contribution in [0.25, 0.3) is 0 Å². The summed E-state index contributed by atoms with van der Waals surface area (Å²) in [5.41, 5.74) is 0. The Kier molecular flexibility index (Phi) is 5.98. The number of hydrogen-bond acceptors (Lipinski definition) is 7. The number of aromatic nitrogens is 3. The first-order valence-corrected chi connectivity index (χ1v) is 7.78. The van der Waals surface area contributed by atoms with E-state index >= 15 is 0 Å². The van der Waals surface area contributed by atoms with E-state index in [-0.39, 0.29) is 0 Å². The molecule has 0 aromatic carbocycles. The molecule has 1 fully saturated rings. The Balaban J connectivity index is 2.14. The molecular formula is C14H26N6O. The lowest BCUT2D eigenvalue weighted by molar-refractivity contribution is 0.154. The fourth-order valence-electron chi connectivity index (χ4n) is 2.27. The third-order valence-electron chi connectivity index (χ3n) is 3.45. The number of rotatable bonds is 8. The lowest BCUT2D eigenvalue weighted by atomic mass is 10.4. The third-order valence-corrected chi connectivity index (χ3v) is 3.45. The van der Waals surface area contributed by atoms with Crippen LogP contribution in [0.3, 0.4) is 0 Å². The number of ether oxygens (including phenoxy) is 1. The van der Waals surface area contributed by atoms with Gasteiger partial charge in [-0.3, -0.25) is 0 Å². The monoisotopic (exact) mass is 294 g/mol. The second kappa shape index (κ2) is 7.97. The van der Waals surface area contributed by atoms with Crippen molar-refractivity contribution in [3.63, 3.8) is 0 Å². The highest BCUT2D eigenvalue weighted by molar-refractivity contribution is 5.45. The van der Waals surface area contributed by atoms with Crippen LogP contribution in [0.5, 0.6) is 0 Å². The molecule has 0 saturated carbocycles. The molecule has 1 aromatic rings. The highest BCUT2D eigenvalue weighted by atomic mass is 16.5. The summed E-state index contributed by atoms with van der Waals surface area (Å²) in [6, 6.07) is 0. The summed E-state index contributed by atoms with van der Waals surface area (Å²) in [5, 5.41) is 3.19. The van der Waals surface area contributed by atoms with Gasteiger partial charge >= 0.3 is 0 Å². The number of hydrogen-bond donors (Lipinski definition) is 1. The Labute approximate surface area is 126 Å². The summed E-state index contributed by atoms with van der Waals surface area (Å²) < 4.78 is 5.39. The topological polar surface area (TPSA) is 66.4 Å². The lowest BCUT2D eigenvalue weighted by Gasteiger charge is -2.21. The molecule has 1 aliphatic heterocycles. The number of likely N-dealkylation sites (N-methyl/N-ethyl adjacent to an activating group) is 1. The first-order chi connectivity index (χ1) is 10.2. The van der Waals surface area contributed by atoms with Crippen LogP contribution in [0.1, 0.15) is 26.7 Å². The molecule has 0 unspecified atom stereocenters. The minimum Gasteiger partial charge on any atom is -0.380 e. The van der Waals surface area contributed by atoms with E-state index < -0.39 is 0 Å². The highest BCUT2D eigenvalue weighted by Crippen LogP contribution is 2.19. The van der Waals surface area contributed by atoms with Gasteiger partial charge in [-0.1, -0.05) is 0 Å². The van der Waals surface area contributed by atoms with Crippen LogP contribution in [0.2, 0.25) is 0 Å². The second-order valence-electron chi connectivity index (χ2n) is 5.10. The summed E-state index contributed by atoms with van der Waals surface area (Å²) in [4.78, 5) is 17.8. The van der Waals surface area contributed by atoms with E-state index in [1.165, 1.54) is 12.8 Å². The van der Waals surface area contributed by atoms with Gasteiger partial charge in [-0.2, -0.15) is 15.0 Å². The van der Waals surface area contributed by atoms with Crippen molar-refractivity contribution in [3.8, 4) is 0 Å². The SMILES string of the molecule is CCNc1nc(N(C)CCOCC)nc(N2CCCC2)n1. The Morgan fingerprint density at radius 2 is 1.95 bits per heavy atom. The summed E-state index contributed by atoms with van der Waals surface area (Å²) in [6.07, 6.45) is 2.41. The van der Waals surface area contributed by atoms with E-state index in [0.717, 1.165) is 38.7 Å². The Morgan fingerprint density at radius 3 is 2.62 bits per heavy atom. The first-order valence-electron chi connectivity index (χ1n) is 7.78. The summed E-state index contributed by atoms with van der Waals surface area (Å²) >= 11 is 0. The van der Waals surface area contributed by atoms with Crippen LogP contribution in [-0.2, 0) is 4.74 Å². The average molecular weight is 294 g/mol. The van der Waals surface area contributed by atoms with Gasteiger partial charge in [0.25, 0.3) is 0 Å². The Hall–Kier alpha value is -1.63. The summed E-state index contributed by atoms with van der Waals surface area (Å²) in [5.74, 6) is 2.12. The maximum absolute atomic E-state index is 5.39. The zero-order valence-electron chi connectivity index (χ0n) is 13.3. The van der Waals surface area contributed by atoms with Gasteiger partial charge in [0.2, 0.25) is 17.8 Å². The molecule has 2 heterocycles. The molecule has 118 valence electrons. The van der Waals surface area contributed by atoms with Crippen molar-refractivity contribution in [3.05, 3.63) is 0 Å². The summed E-state index contributed by atoms with van der Waals surface area (Å²) in [6.45, 7) is 9.06. The zero-order chi connectivity index (χ0) is 15.1. The smallest absolute Gasteiger partial charge is 0.231 e. The first kappa shape index (κ1) is 15.8. The molecule has 0 amide bonds. The maximum atomic E-state index is 5.39. The van der Waals surface area contributed by atoms with Crippen molar-refractivity contribution < 1.29 is 4.74 Å². The molecule has 1 aliphatic rings. The molecule has 7 nitrogen and oxygen atoms in total. The minimum absolute atomic E-state index is 0.646. The van der Waals surface area contributed by atoms with Crippen molar-refractivity contribution in [1.29, 1.82) is 0 Å². The third kappa shape index (κ3) is 4.42. The van der Waals surface area contributed by atoms with E-state index in [2.05, 4.69) is 25.2 Å². The molecule has 1 aromatic heterocycles. The van der Waals surface area contributed by atoms with Crippen molar-refractivity contribution in [2.75, 3.05) is 61.6 Å². The van der Waals surface area contributed by atoms with E-state index in [1.54, 1.807) is 0 Å². The second-order valence-corrected chi connectivity index (χ2v) is 5.10. The molecule has 0 spiro atoms. The van der Waals surface area contributed by atoms with E-state index in [0.29, 0.717) is 18.5 Å². The molecule has 1 N–H and O–H groups in total. The van der Waals surface area contributed by atoms with E-state index in [4.69, 9.17) is 4.74 Å². The van der Waals surface area contributed by atoms with Crippen LogP contribution < -0.4 is 15.1 Å². The van der Waals surface area contributed by atoms with Crippen molar-refractivity contribution in [2.45, 2.75) is 26.7 Å². The van der Waals surface area contributed by atoms with Crippen LogP contribution >= 0.6 is 0 Å². The zero-order valence-corrected chi connectivity index (χ0v) is 13.3. The normalized spacial score (nSPS) is 14.5. The van der Waals surface area contributed by atoms with Gasteiger partial charge in [0, 0.05) is 39.8 Å². The maximum Gasteiger partial charge on any atom is 0.231 e. The van der Waals surface area contributed by atoms with E-state index in [9.17, 15) is 0 Å². The largest absolute Gasteiger partial charge is 0.380 e. The van der Waals surface area contributed by atoms with Gasteiger partial charge in [0.05, 0.1) is 6.61 Å². The van der Waals surface area contributed by atoms with Crippen LogP contribution in [0.15, 0.2) is 0 Å². The van der Waals surface area contributed by atoms with Crippen molar-refractivity contribution in [2.24, 2.45) is 0 Å². The van der Waals surface area contributed by atoms with Crippen LogP contribution in [0.4, 0.5) is 17.8 Å². The van der Waals surface area contributed by atoms with Crippen LogP contribution in [-0.4, -0.2) is 61.4 Å². The molecule has 7 heteroatoms. The predicted octanol–water partition coefficient (Wildman–Crippen LogP) is 1.38. The fourth-order valence-corrected chi connectivity index (χ4v) is 2.27. The standard InChI is InChI=1S/C14H26N6O/c1-4-15-12-16-13(19(3)10-11-21-5-2)18-14(17-12)20-8-6-7-9-20/h4-11H2,1-3H3,(H,15,16,17,18). The van der Waals surface area contributed by atoms with Gasteiger partial charge < -0.3 is 19.9 Å². The molecule has 2 rings (SSSR count).